The summed E-state index contributed by atoms with van der Waals surface area (Å²) in [6, 6.07) is 17.0. The van der Waals surface area contributed by atoms with Crippen LogP contribution >= 0.6 is 0 Å². The minimum atomic E-state index is 0.882. The molecule has 29 heavy (non-hydrogen) atoms. The summed E-state index contributed by atoms with van der Waals surface area (Å²) in [7, 11) is 7.69. The largest absolute Gasteiger partial charge is 0.497 e. The zero-order chi connectivity index (χ0) is 20.6. The van der Waals surface area contributed by atoms with E-state index in [9.17, 15) is 0 Å². The highest BCUT2D eigenvalue weighted by atomic mass is 16.5. The molecule has 0 saturated carbocycles. The molecule has 2 aromatic carbocycles. The van der Waals surface area contributed by atoms with Crippen LogP contribution in [0.3, 0.4) is 0 Å². The van der Waals surface area contributed by atoms with Gasteiger partial charge in [-0.15, -0.1) is 0 Å². The standard InChI is InChI=1S/C23H33N5O/c1-24-23(25-14-13-19-5-7-20(8-6-19)26(2)3)28-17-15-27(16-18-28)21-9-11-22(29-4)12-10-21/h5-12H,13-18H2,1-4H3,(H,24,25). The van der Waals surface area contributed by atoms with Gasteiger partial charge in [0, 0.05) is 65.2 Å². The molecule has 1 saturated heterocycles. The quantitative estimate of drug-likeness (QED) is 0.602. The summed E-state index contributed by atoms with van der Waals surface area (Å²) in [4.78, 5) is 11.4. The maximum absolute atomic E-state index is 5.25. The highest BCUT2D eigenvalue weighted by Crippen LogP contribution is 2.20. The number of piperazine rings is 1. The first-order valence-corrected chi connectivity index (χ1v) is 10.2. The predicted octanol–water partition coefficient (Wildman–Crippen LogP) is 2.70. The molecule has 1 fully saturated rings. The van der Waals surface area contributed by atoms with E-state index in [2.05, 4.69) is 75.5 Å². The SMILES string of the molecule is CN=C(NCCc1ccc(N(C)C)cc1)N1CCN(c2ccc(OC)cc2)CC1. The molecule has 1 heterocycles. The Morgan fingerprint density at radius 3 is 2.21 bits per heavy atom. The van der Waals surface area contributed by atoms with Gasteiger partial charge in [-0.3, -0.25) is 4.99 Å². The van der Waals surface area contributed by atoms with Gasteiger partial charge in [-0.2, -0.15) is 0 Å². The summed E-state index contributed by atoms with van der Waals surface area (Å²) in [5, 5.41) is 3.53. The van der Waals surface area contributed by atoms with E-state index < -0.39 is 0 Å². The Balaban J connectivity index is 1.46. The average molecular weight is 396 g/mol. The van der Waals surface area contributed by atoms with Gasteiger partial charge in [0.15, 0.2) is 5.96 Å². The van der Waals surface area contributed by atoms with Crippen LogP contribution in [-0.4, -0.2) is 71.8 Å². The minimum Gasteiger partial charge on any atom is -0.497 e. The number of aliphatic imine (C=N–C) groups is 1. The third kappa shape index (κ3) is 5.56. The summed E-state index contributed by atoms with van der Waals surface area (Å²) >= 11 is 0. The zero-order valence-electron chi connectivity index (χ0n) is 18.1. The Hall–Kier alpha value is -2.89. The van der Waals surface area contributed by atoms with Crippen LogP contribution in [0.4, 0.5) is 11.4 Å². The molecule has 1 N–H and O–H groups in total. The van der Waals surface area contributed by atoms with Gasteiger partial charge in [0.2, 0.25) is 0 Å². The molecular weight excluding hydrogens is 362 g/mol. The summed E-state index contributed by atoms with van der Waals surface area (Å²) in [5.74, 6) is 1.89. The number of benzene rings is 2. The Kier molecular flexibility index (Phi) is 7.22. The van der Waals surface area contributed by atoms with Crippen molar-refractivity contribution < 1.29 is 4.74 Å². The first-order valence-electron chi connectivity index (χ1n) is 10.2. The molecule has 0 aliphatic carbocycles. The Bertz CT molecular complexity index is 778. The summed E-state index contributed by atoms with van der Waals surface area (Å²) in [5.41, 5.74) is 3.81. The first-order chi connectivity index (χ1) is 14.1. The first kappa shape index (κ1) is 20.8. The lowest BCUT2D eigenvalue weighted by Gasteiger charge is -2.37. The molecular formula is C23H33N5O. The zero-order valence-corrected chi connectivity index (χ0v) is 18.1. The third-order valence-electron chi connectivity index (χ3n) is 5.38. The molecule has 2 aromatic rings. The normalized spacial score (nSPS) is 14.7. The molecule has 0 amide bonds. The van der Waals surface area contributed by atoms with Gasteiger partial charge in [-0.25, -0.2) is 0 Å². The monoisotopic (exact) mass is 395 g/mol. The third-order valence-corrected chi connectivity index (χ3v) is 5.38. The van der Waals surface area contributed by atoms with Crippen LogP contribution < -0.4 is 19.9 Å². The number of guanidine groups is 1. The number of hydrogen-bond donors (Lipinski definition) is 1. The van der Waals surface area contributed by atoms with Gasteiger partial charge < -0.3 is 24.8 Å². The van der Waals surface area contributed by atoms with E-state index in [0.29, 0.717) is 0 Å². The van der Waals surface area contributed by atoms with E-state index in [-0.39, 0.29) is 0 Å². The number of nitrogens with zero attached hydrogens (tertiary/aromatic N) is 4. The van der Waals surface area contributed by atoms with E-state index in [1.54, 1.807) is 7.11 Å². The van der Waals surface area contributed by atoms with E-state index in [4.69, 9.17) is 4.74 Å². The summed E-state index contributed by atoms with van der Waals surface area (Å²) < 4.78 is 5.25. The Morgan fingerprint density at radius 1 is 1.00 bits per heavy atom. The van der Waals surface area contributed by atoms with Crippen LogP contribution in [0.15, 0.2) is 53.5 Å². The van der Waals surface area contributed by atoms with Gasteiger partial charge in [-0.1, -0.05) is 12.1 Å². The average Bonchev–Trinajstić information content (AvgIpc) is 2.77. The van der Waals surface area contributed by atoms with Crippen molar-refractivity contribution in [2.24, 2.45) is 4.99 Å². The minimum absolute atomic E-state index is 0.882. The van der Waals surface area contributed by atoms with Crippen LogP contribution in [0.5, 0.6) is 5.75 Å². The molecule has 0 radical (unpaired) electrons. The van der Waals surface area contributed by atoms with Crippen LogP contribution in [-0.2, 0) is 6.42 Å². The molecule has 6 nitrogen and oxygen atoms in total. The maximum atomic E-state index is 5.25. The van der Waals surface area contributed by atoms with Crippen molar-refractivity contribution in [3.8, 4) is 5.75 Å². The van der Waals surface area contributed by atoms with Gasteiger partial charge >= 0.3 is 0 Å². The van der Waals surface area contributed by atoms with Gasteiger partial charge in [0.05, 0.1) is 7.11 Å². The lowest BCUT2D eigenvalue weighted by molar-refractivity contribution is 0.373. The van der Waals surface area contributed by atoms with Crippen LogP contribution in [0.2, 0.25) is 0 Å². The molecule has 0 spiro atoms. The van der Waals surface area contributed by atoms with E-state index in [0.717, 1.165) is 50.9 Å². The van der Waals surface area contributed by atoms with Gasteiger partial charge in [-0.05, 0) is 48.4 Å². The molecule has 0 unspecified atom stereocenters. The van der Waals surface area contributed by atoms with Gasteiger partial charge in [0.25, 0.3) is 0 Å². The molecule has 0 bridgehead atoms. The van der Waals surface area contributed by atoms with Crippen molar-refractivity contribution in [2.45, 2.75) is 6.42 Å². The van der Waals surface area contributed by atoms with Crippen molar-refractivity contribution in [2.75, 3.05) is 70.8 Å². The molecule has 1 aliphatic heterocycles. The highest BCUT2D eigenvalue weighted by molar-refractivity contribution is 5.80. The lowest BCUT2D eigenvalue weighted by Crippen LogP contribution is -2.52. The smallest absolute Gasteiger partial charge is 0.193 e. The van der Waals surface area contributed by atoms with Crippen molar-refractivity contribution in [3.05, 3.63) is 54.1 Å². The maximum Gasteiger partial charge on any atom is 0.193 e. The van der Waals surface area contributed by atoms with Crippen LogP contribution in [0, 0.1) is 0 Å². The lowest BCUT2D eigenvalue weighted by atomic mass is 10.1. The van der Waals surface area contributed by atoms with Crippen LogP contribution in [0.1, 0.15) is 5.56 Å². The predicted molar refractivity (Wildman–Crippen MR) is 123 cm³/mol. The molecule has 6 heteroatoms. The number of methoxy groups -OCH3 is 1. The second-order valence-corrected chi connectivity index (χ2v) is 7.46. The second kappa shape index (κ2) is 10.0. The molecule has 1 aliphatic rings. The fourth-order valence-corrected chi connectivity index (χ4v) is 3.58. The van der Waals surface area contributed by atoms with Gasteiger partial charge in [0.1, 0.15) is 5.75 Å². The molecule has 0 atom stereocenters. The number of anilines is 2. The van der Waals surface area contributed by atoms with E-state index in [1.807, 2.05) is 19.2 Å². The molecule has 0 aromatic heterocycles. The highest BCUT2D eigenvalue weighted by Gasteiger charge is 2.19. The van der Waals surface area contributed by atoms with Crippen molar-refractivity contribution >= 4 is 17.3 Å². The van der Waals surface area contributed by atoms with Crippen molar-refractivity contribution in [3.63, 3.8) is 0 Å². The number of nitrogens with one attached hydrogen (secondary N) is 1. The number of ether oxygens (including phenoxy) is 1. The molecule has 156 valence electrons. The fourth-order valence-electron chi connectivity index (χ4n) is 3.58. The van der Waals surface area contributed by atoms with E-state index >= 15 is 0 Å². The van der Waals surface area contributed by atoms with Crippen LogP contribution in [0.25, 0.3) is 0 Å². The second-order valence-electron chi connectivity index (χ2n) is 7.46. The summed E-state index contributed by atoms with van der Waals surface area (Å²) in [6.07, 6.45) is 0.985. The Morgan fingerprint density at radius 2 is 1.66 bits per heavy atom. The fraction of sp³-hybridized carbons (Fsp3) is 0.435. The van der Waals surface area contributed by atoms with Crippen molar-refractivity contribution in [1.82, 2.24) is 10.2 Å². The Labute approximate surface area is 174 Å². The molecule has 3 rings (SSSR count). The van der Waals surface area contributed by atoms with Crippen molar-refractivity contribution in [1.29, 1.82) is 0 Å². The number of rotatable bonds is 6. The van der Waals surface area contributed by atoms with E-state index in [1.165, 1.54) is 16.9 Å². The topological polar surface area (TPSA) is 43.3 Å². The summed E-state index contributed by atoms with van der Waals surface area (Å²) in [6.45, 7) is 4.77. The number of hydrogen-bond acceptors (Lipinski definition) is 4.